The molecule has 2 aliphatic rings. The van der Waals surface area contributed by atoms with Crippen LogP contribution in [-0.4, -0.2) is 29.9 Å². The lowest BCUT2D eigenvalue weighted by Crippen LogP contribution is -2.38. The van der Waals surface area contributed by atoms with E-state index in [9.17, 15) is 9.59 Å². The van der Waals surface area contributed by atoms with Crippen molar-refractivity contribution in [2.24, 2.45) is 5.92 Å². The van der Waals surface area contributed by atoms with Gasteiger partial charge in [-0.15, -0.1) is 17.9 Å². The number of aryl methyl sites for hydroxylation is 1. The second-order valence-electron chi connectivity index (χ2n) is 7.51. The predicted octanol–water partition coefficient (Wildman–Crippen LogP) is 4.55. The Labute approximate surface area is 174 Å². The number of rotatable bonds is 5. The molecule has 1 aliphatic heterocycles. The summed E-state index contributed by atoms with van der Waals surface area (Å²) in [6, 6.07) is 5.73. The number of anilines is 2. The molecule has 0 saturated heterocycles. The van der Waals surface area contributed by atoms with E-state index in [2.05, 4.69) is 16.9 Å². The van der Waals surface area contributed by atoms with Gasteiger partial charge in [0.25, 0.3) is 5.91 Å². The van der Waals surface area contributed by atoms with Crippen LogP contribution >= 0.6 is 11.3 Å². The molecule has 0 spiro atoms. The lowest BCUT2D eigenvalue weighted by atomic mass is 9.89. The predicted molar refractivity (Wildman–Crippen MR) is 116 cm³/mol. The number of fused-ring (bicyclic) bond motifs is 1. The summed E-state index contributed by atoms with van der Waals surface area (Å²) in [5.74, 6) is 0.751. The normalized spacial score (nSPS) is 16.9. The Hall–Kier alpha value is -2.67. The molecule has 1 aromatic carbocycles. The number of carbonyl (C=O) groups is 2. The Bertz CT molecular complexity index is 947. The minimum absolute atomic E-state index is 0.0350. The minimum atomic E-state index is -0.0926. The van der Waals surface area contributed by atoms with Gasteiger partial charge in [0.05, 0.1) is 11.4 Å². The number of amides is 2. The Kier molecular flexibility index (Phi) is 5.67. The Balaban J connectivity index is 1.58. The van der Waals surface area contributed by atoms with Gasteiger partial charge in [0.1, 0.15) is 5.75 Å². The van der Waals surface area contributed by atoms with Crippen molar-refractivity contribution in [3.63, 3.8) is 0 Å². The zero-order valence-corrected chi connectivity index (χ0v) is 17.4. The van der Waals surface area contributed by atoms with Crippen LogP contribution in [0.1, 0.15) is 37.0 Å². The fraction of sp³-hybridized carbons (Fsp3) is 0.409. The van der Waals surface area contributed by atoms with Gasteiger partial charge in [-0.25, -0.2) is 4.98 Å². The standard InChI is InChI=1S/C22H25N3O3S/c1-3-11-25-17-12-16(9-10-18(17)28-13-19(25)26)20-14(2)29-22(23-20)24-21(27)15-7-5-4-6-8-15/h3,9-10,12,15H,1,4-8,11,13H2,2H3,(H,23,24,27). The molecule has 4 rings (SSSR count). The highest BCUT2D eigenvalue weighted by Gasteiger charge is 2.26. The number of ether oxygens (including phenoxy) is 1. The molecule has 2 heterocycles. The summed E-state index contributed by atoms with van der Waals surface area (Å²) >= 11 is 1.48. The zero-order chi connectivity index (χ0) is 20.4. The largest absolute Gasteiger partial charge is 0.482 e. The van der Waals surface area contributed by atoms with Crippen LogP contribution in [0.15, 0.2) is 30.9 Å². The Morgan fingerprint density at radius 2 is 2.17 bits per heavy atom. The monoisotopic (exact) mass is 411 g/mol. The molecule has 6 nitrogen and oxygen atoms in total. The van der Waals surface area contributed by atoms with Crippen LogP contribution in [0.2, 0.25) is 0 Å². The first-order chi connectivity index (χ1) is 14.1. The number of hydrogen-bond donors (Lipinski definition) is 1. The molecular formula is C22H25N3O3S. The number of aromatic nitrogens is 1. The number of thiazole rings is 1. The van der Waals surface area contributed by atoms with Gasteiger partial charge in [0.2, 0.25) is 5.91 Å². The average Bonchev–Trinajstić information content (AvgIpc) is 3.10. The highest BCUT2D eigenvalue weighted by atomic mass is 32.1. The molecule has 0 unspecified atom stereocenters. The van der Waals surface area contributed by atoms with Crippen LogP contribution in [0, 0.1) is 12.8 Å². The summed E-state index contributed by atoms with van der Waals surface area (Å²) in [7, 11) is 0. The van der Waals surface area contributed by atoms with Gasteiger partial charge in [-0.2, -0.15) is 0 Å². The Morgan fingerprint density at radius 1 is 1.38 bits per heavy atom. The van der Waals surface area contributed by atoms with Crippen LogP contribution in [-0.2, 0) is 9.59 Å². The van der Waals surface area contributed by atoms with Gasteiger partial charge >= 0.3 is 0 Å². The van der Waals surface area contributed by atoms with Gasteiger partial charge in [0.15, 0.2) is 11.7 Å². The van der Waals surface area contributed by atoms with Crippen molar-refractivity contribution in [2.45, 2.75) is 39.0 Å². The maximum Gasteiger partial charge on any atom is 0.265 e. The molecule has 29 heavy (non-hydrogen) atoms. The number of carbonyl (C=O) groups excluding carboxylic acids is 2. The third-order valence-electron chi connectivity index (χ3n) is 5.49. The molecule has 0 bridgehead atoms. The number of nitrogens with zero attached hydrogens (tertiary/aromatic N) is 2. The minimum Gasteiger partial charge on any atom is -0.482 e. The maximum absolute atomic E-state index is 12.6. The van der Waals surface area contributed by atoms with Crippen molar-refractivity contribution >= 4 is 34.0 Å². The van der Waals surface area contributed by atoms with E-state index < -0.39 is 0 Å². The summed E-state index contributed by atoms with van der Waals surface area (Å²) in [4.78, 5) is 32.1. The van der Waals surface area contributed by atoms with Gasteiger partial charge in [-0.3, -0.25) is 9.59 Å². The van der Waals surface area contributed by atoms with Crippen LogP contribution in [0.25, 0.3) is 11.3 Å². The fourth-order valence-electron chi connectivity index (χ4n) is 3.97. The van der Waals surface area contributed by atoms with E-state index in [1.165, 1.54) is 17.8 Å². The molecule has 0 atom stereocenters. The maximum atomic E-state index is 12.6. The molecule has 1 N–H and O–H groups in total. The lowest BCUT2D eigenvalue weighted by molar-refractivity contribution is -0.121. The smallest absolute Gasteiger partial charge is 0.265 e. The molecule has 1 fully saturated rings. The van der Waals surface area contributed by atoms with Crippen molar-refractivity contribution in [1.29, 1.82) is 0 Å². The highest BCUT2D eigenvalue weighted by molar-refractivity contribution is 7.16. The quantitative estimate of drug-likeness (QED) is 0.733. The Morgan fingerprint density at radius 3 is 2.93 bits per heavy atom. The van der Waals surface area contributed by atoms with Crippen molar-refractivity contribution in [3.8, 4) is 17.0 Å². The van der Waals surface area contributed by atoms with Gasteiger partial charge in [-0.1, -0.05) is 25.3 Å². The van der Waals surface area contributed by atoms with Crippen molar-refractivity contribution < 1.29 is 14.3 Å². The number of hydrogen-bond acceptors (Lipinski definition) is 5. The van der Waals surface area contributed by atoms with Crippen LogP contribution in [0.3, 0.4) is 0 Å². The first-order valence-corrected chi connectivity index (χ1v) is 10.8. The van der Waals surface area contributed by atoms with Gasteiger partial charge in [0, 0.05) is 22.9 Å². The second kappa shape index (κ2) is 8.37. The van der Waals surface area contributed by atoms with E-state index in [1.807, 2.05) is 25.1 Å². The molecule has 0 radical (unpaired) electrons. The first-order valence-electron chi connectivity index (χ1n) is 10.0. The zero-order valence-electron chi connectivity index (χ0n) is 16.6. The molecule has 2 aromatic rings. The van der Waals surface area contributed by atoms with E-state index >= 15 is 0 Å². The molecule has 2 amide bonds. The van der Waals surface area contributed by atoms with Gasteiger partial charge < -0.3 is 15.0 Å². The van der Waals surface area contributed by atoms with E-state index in [0.29, 0.717) is 17.4 Å². The summed E-state index contributed by atoms with van der Waals surface area (Å²) in [6.07, 6.45) is 7.08. The lowest BCUT2D eigenvalue weighted by Gasteiger charge is -2.28. The van der Waals surface area contributed by atoms with Crippen molar-refractivity contribution in [2.75, 3.05) is 23.4 Å². The third-order valence-corrected chi connectivity index (χ3v) is 6.38. The molecule has 1 saturated carbocycles. The first kappa shape index (κ1) is 19.6. The van der Waals surface area contributed by atoms with Crippen molar-refractivity contribution in [1.82, 2.24) is 4.98 Å². The molecule has 1 aromatic heterocycles. The van der Waals surface area contributed by atoms with Crippen LogP contribution in [0.4, 0.5) is 10.8 Å². The highest BCUT2D eigenvalue weighted by Crippen LogP contribution is 2.38. The van der Waals surface area contributed by atoms with Gasteiger partial charge in [-0.05, 0) is 38.0 Å². The van der Waals surface area contributed by atoms with Crippen molar-refractivity contribution in [3.05, 3.63) is 35.7 Å². The van der Waals surface area contributed by atoms with E-state index in [4.69, 9.17) is 4.74 Å². The fourth-order valence-corrected chi connectivity index (χ4v) is 4.81. The average molecular weight is 412 g/mol. The van der Waals surface area contributed by atoms with Crippen LogP contribution < -0.4 is 15.0 Å². The van der Waals surface area contributed by atoms with E-state index in [1.54, 1.807) is 11.0 Å². The van der Waals surface area contributed by atoms with Crippen LogP contribution in [0.5, 0.6) is 5.75 Å². The number of nitrogens with one attached hydrogen (secondary N) is 1. The molecule has 152 valence electrons. The third kappa shape index (κ3) is 4.05. The summed E-state index contributed by atoms with van der Waals surface area (Å²) in [6.45, 7) is 6.20. The summed E-state index contributed by atoms with van der Waals surface area (Å²) in [5.41, 5.74) is 2.43. The summed E-state index contributed by atoms with van der Waals surface area (Å²) in [5, 5.41) is 3.63. The second-order valence-corrected chi connectivity index (χ2v) is 8.72. The topological polar surface area (TPSA) is 71.5 Å². The molecule has 1 aliphatic carbocycles. The number of benzene rings is 1. The SMILES string of the molecule is C=CCN1C(=O)COc2ccc(-c3nc(NC(=O)C4CCCCC4)sc3C)cc21. The van der Waals surface area contributed by atoms with E-state index in [0.717, 1.165) is 47.5 Å². The molecular weight excluding hydrogens is 386 g/mol. The molecule has 7 heteroatoms. The van der Waals surface area contributed by atoms with E-state index in [-0.39, 0.29) is 24.3 Å². The summed E-state index contributed by atoms with van der Waals surface area (Å²) < 4.78 is 5.56.